The number of nitrogens with one attached hydrogen (secondary N) is 2. The molecule has 0 unspecified atom stereocenters. The van der Waals surface area contributed by atoms with E-state index in [0.717, 1.165) is 12.0 Å². The van der Waals surface area contributed by atoms with Gasteiger partial charge in [-0.25, -0.2) is 0 Å². The van der Waals surface area contributed by atoms with E-state index in [1.807, 2.05) is 18.5 Å². The van der Waals surface area contributed by atoms with Gasteiger partial charge in [0, 0.05) is 31.9 Å². The van der Waals surface area contributed by atoms with Crippen molar-refractivity contribution in [3.05, 3.63) is 24.0 Å². The van der Waals surface area contributed by atoms with Crippen molar-refractivity contribution < 1.29 is 9.59 Å². The molecule has 86 valence electrons. The van der Waals surface area contributed by atoms with Crippen LogP contribution in [0.3, 0.4) is 0 Å². The molecule has 2 heterocycles. The Labute approximate surface area is 93.8 Å². The predicted molar refractivity (Wildman–Crippen MR) is 58.5 cm³/mol. The summed E-state index contributed by atoms with van der Waals surface area (Å²) in [5.41, 5.74) is 1.03. The van der Waals surface area contributed by atoms with Crippen molar-refractivity contribution in [3.63, 3.8) is 0 Å². The van der Waals surface area contributed by atoms with E-state index in [1.54, 1.807) is 4.90 Å². The van der Waals surface area contributed by atoms with Crippen LogP contribution in [0.15, 0.2) is 18.5 Å². The number of hydrogen-bond donors (Lipinski definition) is 2. The van der Waals surface area contributed by atoms with Gasteiger partial charge in [-0.05, 0) is 18.1 Å². The Morgan fingerprint density at radius 1 is 1.56 bits per heavy atom. The summed E-state index contributed by atoms with van der Waals surface area (Å²) in [4.78, 5) is 27.3. The highest BCUT2D eigenvalue weighted by molar-refractivity contribution is 5.85. The standard InChI is InChI=1S/C11H15N3O2/c15-10(8-14-5-1-2-11(14)16)13-7-9-3-4-12-6-9/h3-4,6,12H,1-2,5,7-8H2,(H,13,15). The molecular formula is C11H15N3O2. The first-order valence-corrected chi connectivity index (χ1v) is 5.42. The van der Waals surface area contributed by atoms with Gasteiger partial charge in [-0.15, -0.1) is 0 Å². The molecule has 1 aliphatic heterocycles. The molecule has 0 bridgehead atoms. The topological polar surface area (TPSA) is 65.2 Å². The van der Waals surface area contributed by atoms with Gasteiger partial charge in [0.05, 0.1) is 6.54 Å². The van der Waals surface area contributed by atoms with Crippen molar-refractivity contribution in [2.45, 2.75) is 19.4 Å². The normalized spacial score (nSPS) is 15.5. The van der Waals surface area contributed by atoms with E-state index in [9.17, 15) is 9.59 Å². The number of hydrogen-bond acceptors (Lipinski definition) is 2. The highest BCUT2D eigenvalue weighted by atomic mass is 16.2. The maximum atomic E-state index is 11.5. The Kier molecular flexibility index (Phi) is 3.24. The minimum absolute atomic E-state index is 0.0804. The van der Waals surface area contributed by atoms with Gasteiger partial charge in [-0.1, -0.05) is 0 Å². The third kappa shape index (κ3) is 2.62. The molecule has 0 atom stereocenters. The van der Waals surface area contributed by atoms with E-state index in [1.165, 1.54) is 0 Å². The van der Waals surface area contributed by atoms with Gasteiger partial charge in [-0.2, -0.15) is 0 Å². The molecule has 1 aliphatic rings. The van der Waals surface area contributed by atoms with Gasteiger partial charge >= 0.3 is 0 Å². The second kappa shape index (κ2) is 4.83. The highest BCUT2D eigenvalue weighted by Gasteiger charge is 2.21. The first-order valence-electron chi connectivity index (χ1n) is 5.42. The molecule has 16 heavy (non-hydrogen) atoms. The third-order valence-electron chi connectivity index (χ3n) is 2.66. The lowest BCUT2D eigenvalue weighted by atomic mass is 10.3. The highest BCUT2D eigenvalue weighted by Crippen LogP contribution is 2.08. The van der Waals surface area contributed by atoms with Gasteiger partial charge in [-0.3, -0.25) is 9.59 Å². The smallest absolute Gasteiger partial charge is 0.239 e. The van der Waals surface area contributed by atoms with Gasteiger partial charge < -0.3 is 15.2 Å². The van der Waals surface area contributed by atoms with E-state index in [-0.39, 0.29) is 18.4 Å². The summed E-state index contributed by atoms with van der Waals surface area (Å²) in [7, 11) is 0. The van der Waals surface area contributed by atoms with Crippen molar-refractivity contribution in [1.82, 2.24) is 15.2 Å². The zero-order valence-corrected chi connectivity index (χ0v) is 9.03. The Balaban J connectivity index is 1.74. The Bertz CT molecular complexity index is 373. The summed E-state index contributed by atoms with van der Waals surface area (Å²) in [6.45, 7) is 1.39. The summed E-state index contributed by atoms with van der Waals surface area (Å²) in [6, 6.07) is 1.90. The van der Waals surface area contributed by atoms with Gasteiger partial charge in [0.1, 0.15) is 0 Å². The Hall–Kier alpha value is -1.78. The fraction of sp³-hybridized carbons (Fsp3) is 0.455. The molecule has 2 N–H and O–H groups in total. The van der Waals surface area contributed by atoms with Crippen LogP contribution in [0.5, 0.6) is 0 Å². The molecular weight excluding hydrogens is 206 g/mol. The quantitative estimate of drug-likeness (QED) is 0.765. The van der Waals surface area contributed by atoms with E-state index in [2.05, 4.69) is 10.3 Å². The van der Waals surface area contributed by atoms with Gasteiger partial charge in [0.2, 0.25) is 11.8 Å². The first kappa shape index (κ1) is 10.7. The van der Waals surface area contributed by atoms with Crippen LogP contribution >= 0.6 is 0 Å². The van der Waals surface area contributed by atoms with Crippen LogP contribution in [0, 0.1) is 0 Å². The van der Waals surface area contributed by atoms with Crippen molar-refractivity contribution in [1.29, 1.82) is 0 Å². The molecule has 0 aliphatic carbocycles. The lowest BCUT2D eigenvalue weighted by Crippen LogP contribution is -2.37. The number of carbonyl (C=O) groups is 2. The van der Waals surface area contributed by atoms with Crippen LogP contribution in [0.1, 0.15) is 18.4 Å². The van der Waals surface area contributed by atoms with Gasteiger partial charge in [0.15, 0.2) is 0 Å². The summed E-state index contributed by atoms with van der Waals surface area (Å²) in [5, 5.41) is 2.78. The lowest BCUT2D eigenvalue weighted by Gasteiger charge is -2.14. The number of amides is 2. The van der Waals surface area contributed by atoms with E-state index < -0.39 is 0 Å². The SMILES string of the molecule is O=C(CN1CCCC1=O)NCc1cc[nH]c1. The molecule has 1 saturated heterocycles. The van der Waals surface area contributed by atoms with Crippen LogP contribution in [0.25, 0.3) is 0 Å². The Morgan fingerprint density at radius 2 is 2.44 bits per heavy atom. The molecule has 1 aromatic rings. The van der Waals surface area contributed by atoms with Crippen LogP contribution in [-0.4, -0.2) is 34.8 Å². The molecule has 0 saturated carbocycles. The number of aromatic nitrogens is 1. The maximum absolute atomic E-state index is 11.5. The molecule has 5 nitrogen and oxygen atoms in total. The second-order valence-electron chi connectivity index (χ2n) is 3.91. The molecule has 0 radical (unpaired) electrons. The van der Waals surface area contributed by atoms with Crippen LogP contribution in [0.4, 0.5) is 0 Å². The van der Waals surface area contributed by atoms with Crippen molar-refractivity contribution in [2.75, 3.05) is 13.1 Å². The Morgan fingerprint density at radius 3 is 3.06 bits per heavy atom. The first-order chi connectivity index (χ1) is 7.75. The van der Waals surface area contributed by atoms with Crippen molar-refractivity contribution in [3.8, 4) is 0 Å². The fourth-order valence-corrected chi connectivity index (χ4v) is 1.77. The van der Waals surface area contributed by atoms with Crippen molar-refractivity contribution >= 4 is 11.8 Å². The summed E-state index contributed by atoms with van der Waals surface area (Å²) >= 11 is 0. The number of nitrogens with zero attached hydrogens (tertiary/aromatic N) is 1. The molecule has 2 rings (SSSR count). The second-order valence-corrected chi connectivity index (χ2v) is 3.91. The van der Waals surface area contributed by atoms with Gasteiger partial charge in [0.25, 0.3) is 0 Å². The largest absolute Gasteiger partial charge is 0.367 e. The summed E-state index contributed by atoms with van der Waals surface area (Å²) < 4.78 is 0. The predicted octanol–water partition coefficient (Wildman–Crippen LogP) is 0.253. The third-order valence-corrected chi connectivity index (χ3v) is 2.66. The number of aromatic amines is 1. The van der Waals surface area contributed by atoms with Crippen LogP contribution in [-0.2, 0) is 16.1 Å². The van der Waals surface area contributed by atoms with E-state index in [4.69, 9.17) is 0 Å². The number of likely N-dealkylation sites (tertiary alicyclic amines) is 1. The number of rotatable bonds is 4. The van der Waals surface area contributed by atoms with E-state index >= 15 is 0 Å². The zero-order valence-electron chi connectivity index (χ0n) is 9.03. The molecule has 1 aromatic heterocycles. The minimum Gasteiger partial charge on any atom is -0.367 e. The fourth-order valence-electron chi connectivity index (χ4n) is 1.77. The number of H-pyrrole nitrogens is 1. The average molecular weight is 221 g/mol. The molecule has 2 amide bonds. The summed E-state index contributed by atoms with van der Waals surface area (Å²) in [6.07, 6.45) is 5.09. The molecule has 0 aromatic carbocycles. The monoisotopic (exact) mass is 221 g/mol. The maximum Gasteiger partial charge on any atom is 0.239 e. The average Bonchev–Trinajstić information content (AvgIpc) is 2.88. The molecule has 1 fully saturated rings. The molecule has 5 heteroatoms. The zero-order chi connectivity index (χ0) is 11.4. The molecule has 0 spiro atoms. The minimum atomic E-state index is -0.101. The lowest BCUT2D eigenvalue weighted by molar-refractivity contribution is -0.133. The van der Waals surface area contributed by atoms with Crippen LogP contribution in [0.2, 0.25) is 0 Å². The van der Waals surface area contributed by atoms with E-state index in [0.29, 0.717) is 19.5 Å². The number of carbonyl (C=O) groups excluding carboxylic acids is 2. The summed E-state index contributed by atoms with van der Waals surface area (Å²) in [5.74, 6) is -0.0201. The van der Waals surface area contributed by atoms with Crippen LogP contribution < -0.4 is 5.32 Å². The van der Waals surface area contributed by atoms with Crippen molar-refractivity contribution in [2.24, 2.45) is 0 Å².